The van der Waals surface area contributed by atoms with Crippen molar-refractivity contribution in [2.24, 2.45) is 5.73 Å². The third kappa shape index (κ3) is 9.80. The van der Waals surface area contributed by atoms with Crippen molar-refractivity contribution in [2.75, 3.05) is 78.2 Å². The summed E-state index contributed by atoms with van der Waals surface area (Å²) in [6, 6.07) is 17.2. The van der Waals surface area contributed by atoms with E-state index >= 15 is 0 Å². The van der Waals surface area contributed by atoms with Crippen molar-refractivity contribution < 1.29 is 28.5 Å². The van der Waals surface area contributed by atoms with Crippen molar-refractivity contribution in [1.82, 2.24) is 24.6 Å². The molecule has 1 fully saturated rings. The van der Waals surface area contributed by atoms with Gasteiger partial charge in [0.2, 0.25) is 5.91 Å². The van der Waals surface area contributed by atoms with Crippen molar-refractivity contribution >= 4 is 22.8 Å². The fraction of sp³-hybridized carbons (Fsp3) is 0.412. The first-order valence-electron chi connectivity index (χ1n) is 15.9. The van der Waals surface area contributed by atoms with Crippen LogP contribution in [0.15, 0.2) is 73.1 Å². The van der Waals surface area contributed by atoms with Crippen LogP contribution >= 0.6 is 0 Å². The van der Waals surface area contributed by atoms with Crippen LogP contribution in [0.3, 0.4) is 0 Å². The molecule has 47 heavy (non-hydrogen) atoms. The van der Waals surface area contributed by atoms with Crippen LogP contribution in [-0.2, 0) is 23.7 Å². The Labute approximate surface area is 274 Å². The van der Waals surface area contributed by atoms with Gasteiger partial charge in [0.1, 0.15) is 29.3 Å². The zero-order valence-corrected chi connectivity index (χ0v) is 26.5. The molecular weight excluding hydrogens is 602 g/mol. The van der Waals surface area contributed by atoms with E-state index in [1.807, 2.05) is 64.2 Å². The Hall–Kier alpha value is -4.40. The Kier molecular flexibility index (Phi) is 13.1. The lowest BCUT2D eigenvalue weighted by atomic mass is 10.1. The summed E-state index contributed by atoms with van der Waals surface area (Å²) >= 11 is 0. The number of amides is 1. The molecular formula is C34H43N7O6. The first-order chi connectivity index (χ1) is 23.1. The number of piperidine rings is 1. The zero-order valence-electron chi connectivity index (χ0n) is 26.5. The number of ether oxygens (including phenoxy) is 5. The average molecular weight is 646 g/mol. The number of nitrogens with two attached hydrogens (primary N) is 2. The number of hydrogen-bond donors (Lipinski definition) is 2. The summed E-state index contributed by atoms with van der Waals surface area (Å²) in [5, 5.41) is 5.67. The SMILES string of the molecule is NCCOCCOCCOCCOC/C=C/C(=O)N1CCC[C@@H](n2nc(-c3ccc(Oc4ccccc4)cc3)c3c(N)ncnc32)C1. The predicted molar refractivity (Wildman–Crippen MR) is 178 cm³/mol. The van der Waals surface area contributed by atoms with E-state index in [-0.39, 0.29) is 11.9 Å². The molecule has 4 aromatic rings. The summed E-state index contributed by atoms with van der Waals surface area (Å²) < 4.78 is 29.6. The third-order valence-corrected chi connectivity index (χ3v) is 7.53. The van der Waals surface area contributed by atoms with E-state index in [9.17, 15) is 4.79 Å². The van der Waals surface area contributed by atoms with Crippen LogP contribution in [0.4, 0.5) is 5.82 Å². The van der Waals surface area contributed by atoms with Crippen molar-refractivity contribution in [1.29, 1.82) is 0 Å². The van der Waals surface area contributed by atoms with Gasteiger partial charge in [0, 0.05) is 31.3 Å². The molecule has 1 aliphatic rings. The molecule has 1 aliphatic heterocycles. The largest absolute Gasteiger partial charge is 0.457 e. The van der Waals surface area contributed by atoms with Crippen LogP contribution in [0.1, 0.15) is 18.9 Å². The second-order valence-electron chi connectivity index (χ2n) is 10.9. The van der Waals surface area contributed by atoms with Crippen LogP contribution < -0.4 is 16.2 Å². The second kappa shape index (κ2) is 18.1. The van der Waals surface area contributed by atoms with Gasteiger partial charge in [-0.25, -0.2) is 14.6 Å². The molecule has 0 radical (unpaired) electrons. The highest BCUT2D eigenvalue weighted by molar-refractivity contribution is 5.98. The Bertz CT molecular complexity index is 1560. The van der Waals surface area contributed by atoms with Crippen LogP contribution in [0.2, 0.25) is 0 Å². The van der Waals surface area contributed by atoms with Gasteiger partial charge in [0.25, 0.3) is 0 Å². The third-order valence-electron chi connectivity index (χ3n) is 7.53. The van der Waals surface area contributed by atoms with E-state index in [2.05, 4.69) is 9.97 Å². The fourth-order valence-corrected chi connectivity index (χ4v) is 5.26. The smallest absolute Gasteiger partial charge is 0.246 e. The summed E-state index contributed by atoms with van der Waals surface area (Å²) in [7, 11) is 0. The van der Waals surface area contributed by atoms with Crippen LogP contribution in [0.5, 0.6) is 11.5 Å². The van der Waals surface area contributed by atoms with E-state index in [4.69, 9.17) is 40.3 Å². The molecule has 0 bridgehead atoms. The van der Waals surface area contributed by atoms with E-state index < -0.39 is 0 Å². The first kappa shape index (κ1) is 33.9. The summed E-state index contributed by atoms with van der Waals surface area (Å²) in [4.78, 5) is 23.7. The van der Waals surface area contributed by atoms with Crippen LogP contribution in [0.25, 0.3) is 22.3 Å². The second-order valence-corrected chi connectivity index (χ2v) is 10.9. The molecule has 2 aromatic carbocycles. The summed E-state index contributed by atoms with van der Waals surface area (Å²) in [5.41, 5.74) is 13.9. The van der Waals surface area contributed by atoms with Gasteiger partial charge in [-0.1, -0.05) is 24.3 Å². The Morgan fingerprint density at radius 1 is 0.872 bits per heavy atom. The number of rotatable bonds is 18. The number of para-hydroxylation sites is 1. The standard InChI is InChI=1S/C34H43N7O6/c35-14-17-44-19-21-46-23-22-45-20-18-43-16-5-9-30(42)40-15-4-6-27(24-40)41-34-31(33(36)37-25-38-34)32(39-41)26-10-12-29(13-11-26)47-28-7-2-1-3-8-28/h1-3,5,7-13,25,27H,4,6,14-24,35H2,(H2,36,37,38)/b9-5+/t27-/m1/s1. The maximum absolute atomic E-state index is 13.0. The van der Waals surface area contributed by atoms with Crippen LogP contribution in [-0.4, -0.2) is 103 Å². The molecule has 1 atom stereocenters. The molecule has 13 heteroatoms. The Morgan fingerprint density at radius 2 is 1.55 bits per heavy atom. The van der Waals surface area contributed by atoms with Crippen molar-refractivity contribution in [3.63, 3.8) is 0 Å². The van der Waals surface area contributed by atoms with Crippen LogP contribution in [0, 0.1) is 0 Å². The molecule has 5 rings (SSSR count). The van der Waals surface area contributed by atoms with Gasteiger partial charge in [-0.15, -0.1) is 0 Å². The molecule has 4 N–H and O–H groups in total. The van der Waals surface area contributed by atoms with Gasteiger partial charge in [-0.3, -0.25) is 4.79 Å². The summed E-state index contributed by atoms with van der Waals surface area (Å²) in [5.74, 6) is 1.76. The first-order valence-corrected chi connectivity index (χ1v) is 15.9. The highest BCUT2D eigenvalue weighted by Gasteiger charge is 2.28. The number of carbonyl (C=O) groups excluding carboxylic acids is 1. The van der Waals surface area contributed by atoms with Gasteiger partial charge in [0.05, 0.1) is 64.3 Å². The molecule has 0 spiro atoms. The number of hydrogen-bond acceptors (Lipinski definition) is 11. The molecule has 2 aromatic heterocycles. The highest BCUT2D eigenvalue weighted by atomic mass is 16.6. The quantitative estimate of drug-likeness (QED) is 0.120. The maximum Gasteiger partial charge on any atom is 0.246 e. The number of fused-ring (bicyclic) bond motifs is 1. The van der Waals surface area contributed by atoms with E-state index in [0.29, 0.717) is 101 Å². The minimum atomic E-state index is -0.0676. The molecule has 13 nitrogen and oxygen atoms in total. The fourth-order valence-electron chi connectivity index (χ4n) is 5.26. The predicted octanol–water partition coefficient (Wildman–Crippen LogP) is 3.61. The lowest BCUT2D eigenvalue weighted by molar-refractivity contribution is -0.127. The normalized spacial score (nSPS) is 15.1. The molecule has 250 valence electrons. The monoisotopic (exact) mass is 645 g/mol. The number of carbonyl (C=O) groups is 1. The van der Waals surface area contributed by atoms with E-state index in [0.717, 1.165) is 24.2 Å². The zero-order chi connectivity index (χ0) is 32.7. The van der Waals surface area contributed by atoms with Crippen molar-refractivity contribution in [3.8, 4) is 22.8 Å². The Morgan fingerprint density at radius 3 is 2.28 bits per heavy atom. The van der Waals surface area contributed by atoms with Crippen molar-refractivity contribution in [2.45, 2.75) is 18.9 Å². The number of nitrogens with zero attached hydrogens (tertiary/aromatic N) is 5. The molecule has 1 amide bonds. The van der Waals surface area contributed by atoms with Gasteiger partial charge >= 0.3 is 0 Å². The summed E-state index contributed by atoms with van der Waals surface area (Å²) in [6.45, 7) is 5.41. The minimum absolute atomic E-state index is 0.0665. The minimum Gasteiger partial charge on any atom is -0.457 e. The lowest BCUT2D eigenvalue weighted by Crippen LogP contribution is -2.40. The lowest BCUT2D eigenvalue weighted by Gasteiger charge is -2.32. The van der Waals surface area contributed by atoms with Gasteiger partial charge < -0.3 is 40.1 Å². The average Bonchev–Trinajstić information content (AvgIpc) is 3.50. The summed E-state index contributed by atoms with van der Waals surface area (Å²) in [6.07, 6.45) is 6.44. The van der Waals surface area contributed by atoms with Gasteiger partial charge in [0.15, 0.2) is 5.65 Å². The number of anilines is 1. The van der Waals surface area contributed by atoms with Gasteiger partial charge in [-0.2, -0.15) is 5.10 Å². The highest BCUT2D eigenvalue weighted by Crippen LogP contribution is 2.35. The molecule has 0 saturated carbocycles. The molecule has 1 saturated heterocycles. The molecule has 3 heterocycles. The molecule has 0 unspecified atom stereocenters. The number of nitrogen functional groups attached to an aromatic ring is 1. The van der Waals surface area contributed by atoms with Gasteiger partial charge in [-0.05, 0) is 49.2 Å². The topological polar surface area (TPSA) is 162 Å². The number of aromatic nitrogens is 4. The number of likely N-dealkylation sites (tertiary alicyclic amines) is 1. The van der Waals surface area contributed by atoms with Crippen molar-refractivity contribution in [3.05, 3.63) is 73.1 Å². The van der Waals surface area contributed by atoms with E-state index in [1.165, 1.54) is 6.33 Å². The number of benzene rings is 2. The van der Waals surface area contributed by atoms with E-state index in [1.54, 1.807) is 12.2 Å². The maximum atomic E-state index is 13.0. The Balaban J connectivity index is 1.12. The molecule has 0 aliphatic carbocycles.